The van der Waals surface area contributed by atoms with Gasteiger partial charge in [0, 0.05) is 26.2 Å². The van der Waals surface area contributed by atoms with Crippen molar-refractivity contribution in [3.05, 3.63) is 22.4 Å². The van der Waals surface area contributed by atoms with E-state index in [0.29, 0.717) is 5.41 Å². The quantitative estimate of drug-likeness (QED) is 0.457. The van der Waals surface area contributed by atoms with Gasteiger partial charge in [0.15, 0.2) is 5.96 Å². The molecule has 0 unspecified atom stereocenters. The van der Waals surface area contributed by atoms with Crippen LogP contribution in [0.15, 0.2) is 21.8 Å². The summed E-state index contributed by atoms with van der Waals surface area (Å²) in [4.78, 5) is 7.31. The molecule has 21 heavy (non-hydrogen) atoms. The molecule has 0 atom stereocenters. The SMILES string of the molecule is CCNC(=NCCc1ccsc1)N1CCC2(CCC2)C1.I. The number of likely N-dealkylation sites (tertiary alicyclic amines) is 1. The summed E-state index contributed by atoms with van der Waals surface area (Å²) >= 11 is 1.77. The van der Waals surface area contributed by atoms with Crippen LogP contribution in [-0.4, -0.2) is 37.0 Å². The van der Waals surface area contributed by atoms with Gasteiger partial charge in [-0.25, -0.2) is 0 Å². The number of halogens is 1. The van der Waals surface area contributed by atoms with E-state index in [-0.39, 0.29) is 24.0 Å². The summed E-state index contributed by atoms with van der Waals surface area (Å²) in [6.07, 6.45) is 6.70. The van der Waals surface area contributed by atoms with Gasteiger partial charge in [-0.1, -0.05) is 6.42 Å². The fraction of sp³-hybridized carbons (Fsp3) is 0.688. The van der Waals surface area contributed by atoms with Gasteiger partial charge in [-0.05, 0) is 60.4 Å². The Hall–Kier alpha value is -0.300. The number of hydrogen-bond donors (Lipinski definition) is 1. The molecule has 0 aromatic carbocycles. The van der Waals surface area contributed by atoms with Crippen LogP contribution in [-0.2, 0) is 6.42 Å². The minimum absolute atomic E-state index is 0. The van der Waals surface area contributed by atoms with E-state index in [1.54, 1.807) is 11.3 Å². The molecule has 5 heteroatoms. The topological polar surface area (TPSA) is 27.6 Å². The van der Waals surface area contributed by atoms with Gasteiger partial charge in [0.05, 0.1) is 0 Å². The van der Waals surface area contributed by atoms with Crippen LogP contribution in [0.1, 0.15) is 38.2 Å². The van der Waals surface area contributed by atoms with Crippen molar-refractivity contribution in [2.75, 3.05) is 26.2 Å². The molecule has 3 rings (SSSR count). The second-order valence-electron chi connectivity index (χ2n) is 6.14. The highest BCUT2D eigenvalue weighted by molar-refractivity contribution is 14.0. The maximum Gasteiger partial charge on any atom is 0.193 e. The van der Waals surface area contributed by atoms with Crippen LogP contribution in [0.4, 0.5) is 0 Å². The first-order valence-corrected chi connectivity index (χ1v) is 8.80. The van der Waals surface area contributed by atoms with Gasteiger partial charge >= 0.3 is 0 Å². The van der Waals surface area contributed by atoms with Crippen LogP contribution >= 0.6 is 35.3 Å². The highest BCUT2D eigenvalue weighted by atomic mass is 127. The Morgan fingerprint density at radius 1 is 1.43 bits per heavy atom. The Balaban J connectivity index is 0.00000161. The number of thiophene rings is 1. The van der Waals surface area contributed by atoms with Gasteiger partial charge < -0.3 is 10.2 Å². The molecule has 1 aromatic rings. The molecule has 0 bridgehead atoms. The van der Waals surface area contributed by atoms with Gasteiger partial charge in [0.1, 0.15) is 0 Å². The second-order valence-corrected chi connectivity index (χ2v) is 6.92. The number of hydrogen-bond acceptors (Lipinski definition) is 2. The third-order valence-electron chi connectivity index (χ3n) is 4.73. The Kier molecular flexibility index (Phi) is 6.34. The molecule has 1 aliphatic carbocycles. The maximum absolute atomic E-state index is 4.83. The van der Waals surface area contributed by atoms with E-state index in [1.807, 2.05) is 0 Å². The lowest BCUT2D eigenvalue weighted by Crippen LogP contribution is -2.42. The summed E-state index contributed by atoms with van der Waals surface area (Å²) in [5.41, 5.74) is 2.05. The van der Waals surface area contributed by atoms with Crippen LogP contribution in [0.25, 0.3) is 0 Å². The van der Waals surface area contributed by atoms with Gasteiger partial charge in [0.2, 0.25) is 0 Å². The predicted molar refractivity (Wildman–Crippen MR) is 102 cm³/mol. The van der Waals surface area contributed by atoms with Crippen molar-refractivity contribution in [1.29, 1.82) is 0 Å². The Bertz CT molecular complexity index is 454. The second kappa shape index (κ2) is 7.81. The van der Waals surface area contributed by atoms with Gasteiger partial charge in [0.25, 0.3) is 0 Å². The van der Waals surface area contributed by atoms with E-state index in [4.69, 9.17) is 4.99 Å². The van der Waals surface area contributed by atoms with E-state index < -0.39 is 0 Å². The number of guanidine groups is 1. The highest BCUT2D eigenvalue weighted by Gasteiger charge is 2.43. The molecule has 2 heterocycles. The third-order valence-corrected chi connectivity index (χ3v) is 5.46. The molecule has 1 saturated heterocycles. The lowest BCUT2D eigenvalue weighted by atomic mass is 9.68. The van der Waals surface area contributed by atoms with Crippen LogP contribution in [0, 0.1) is 5.41 Å². The molecule has 1 saturated carbocycles. The first-order valence-electron chi connectivity index (χ1n) is 7.86. The summed E-state index contributed by atoms with van der Waals surface area (Å²) in [5.74, 6) is 1.13. The van der Waals surface area contributed by atoms with E-state index in [1.165, 1.54) is 44.3 Å². The number of aliphatic imine (C=N–C) groups is 1. The van der Waals surface area contributed by atoms with E-state index in [2.05, 4.69) is 34.0 Å². The summed E-state index contributed by atoms with van der Waals surface area (Å²) < 4.78 is 0. The first kappa shape index (κ1) is 17.1. The first-order chi connectivity index (χ1) is 9.81. The summed E-state index contributed by atoms with van der Waals surface area (Å²) in [5, 5.41) is 7.84. The Morgan fingerprint density at radius 3 is 2.86 bits per heavy atom. The zero-order chi connectivity index (χ0) is 13.8. The lowest BCUT2D eigenvalue weighted by Gasteiger charge is -2.38. The molecule has 1 spiro atoms. The van der Waals surface area contributed by atoms with Crippen molar-refractivity contribution in [1.82, 2.24) is 10.2 Å². The minimum atomic E-state index is 0. The van der Waals surface area contributed by atoms with Crippen molar-refractivity contribution in [2.45, 2.75) is 39.0 Å². The average molecular weight is 419 g/mol. The summed E-state index contributed by atoms with van der Waals surface area (Å²) in [7, 11) is 0. The maximum atomic E-state index is 4.83. The van der Waals surface area contributed by atoms with Crippen LogP contribution < -0.4 is 5.32 Å². The molecular formula is C16H26IN3S. The fourth-order valence-electron chi connectivity index (χ4n) is 3.35. The lowest BCUT2D eigenvalue weighted by molar-refractivity contribution is 0.151. The van der Waals surface area contributed by atoms with Crippen molar-refractivity contribution in [2.24, 2.45) is 10.4 Å². The number of nitrogens with one attached hydrogen (secondary N) is 1. The van der Waals surface area contributed by atoms with Gasteiger partial charge in [-0.2, -0.15) is 11.3 Å². The van der Waals surface area contributed by atoms with Crippen molar-refractivity contribution in [3.63, 3.8) is 0 Å². The molecule has 1 N–H and O–H groups in total. The molecule has 1 aliphatic heterocycles. The van der Waals surface area contributed by atoms with Crippen molar-refractivity contribution >= 4 is 41.3 Å². The van der Waals surface area contributed by atoms with Gasteiger partial charge in [-0.15, -0.1) is 24.0 Å². The molecular weight excluding hydrogens is 393 g/mol. The normalized spacial score (nSPS) is 20.2. The zero-order valence-corrected chi connectivity index (χ0v) is 16.0. The Labute approximate surface area is 149 Å². The molecule has 2 fully saturated rings. The average Bonchev–Trinajstić information content (AvgIpc) is 3.06. The van der Waals surface area contributed by atoms with Gasteiger partial charge in [-0.3, -0.25) is 4.99 Å². The molecule has 1 aromatic heterocycles. The monoisotopic (exact) mass is 419 g/mol. The number of rotatable bonds is 4. The fourth-order valence-corrected chi connectivity index (χ4v) is 4.06. The highest BCUT2D eigenvalue weighted by Crippen LogP contribution is 2.47. The van der Waals surface area contributed by atoms with Crippen LogP contribution in [0.3, 0.4) is 0 Å². The summed E-state index contributed by atoms with van der Waals surface area (Å²) in [6.45, 7) is 6.41. The predicted octanol–water partition coefficient (Wildman–Crippen LogP) is 3.75. The van der Waals surface area contributed by atoms with Crippen LogP contribution in [0.2, 0.25) is 0 Å². The van der Waals surface area contributed by atoms with Crippen LogP contribution in [0.5, 0.6) is 0 Å². The smallest absolute Gasteiger partial charge is 0.193 e. The molecule has 0 amide bonds. The van der Waals surface area contributed by atoms with E-state index >= 15 is 0 Å². The molecule has 2 aliphatic rings. The molecule has 3 nitrogen and oxygen atoms in total. The van der Waals surface area contributed by atoms with Crippen molar-refractivity contribution < 1.29 is 0 Å². The molecule has 0 radical (unpaired) electrons. The minimum Gasteiger partial charge on any atom is -0.357 e. The number of nitrogens with zero attached hydrogens (tertiary/aromatic N) is 2. The van der Waals surface area contributed by atoms with E-state index in [9.17, 15) is 0 Å². The Morgan fingerprint density at radius 2 is 2.29 bits per heavy atom. The van der Waals surface area contributed by atoms with Crippen molar-refractivity contribution in [3.8, 4) is 0 Å². The zero-order valence-electron chi connectivity index (χ0n) is 12.8. The molecule has 118 valence electrons. The largest absolute Gasteiger partial charge is 0.357 e. The standard InChI is InChI=1S/C16H25N3S.HI/c1-2-17-15(18-9-4-14-5-11-20-12-14)19-10-8-16(13-19)6-3-7-16;/h5,11-12H,2-4,6-10,13H2,1H3,(H,17,18);1H. The van der Waals surface area contributed by atoms with E-state index in [0.717, 1.165) is 25.5 Å². The summed E-state index contributed by atoms with van der Waals surface area (Å²) in [6, 6.07) is 2.20. The third kappa shape index (κ3) is 4.12.